The predicted molar refractivity (Wildman–Crippen MR) is 111 cm³/mol. The molecule has 2 N–H and O–H groups in total. The van der Waals surface area contributed by atoms with Gasteiger partial charge in [0.1, 0.15) is 12.4 Å². The second-order valence-electron chi connectivity index (χ2n) is 7.17. The number of urea groups is 1. The van der Waals surface area contributed by atoms with Crippen LogP contribution >= 0.6 is 0 Å². The van der Waals surface area contributed by atoms with Gasteiger partial charge >= 0.3 is 18.0 Å². The lowest BCUT2D eigenvalue weighted by Crippen LogP contribution is -2.50. The molecule has 1 aromatic carbocycles. The molecule has 0 bridgehead atoms. The number of hydrogen-bond acceptors (Lipinski definition) is 8. The van der Waals surface area contributed by atoms with Crippen LogP contribution in [0.5, 0.6) is 0 Å². The summed E-state index contributed by atoms with van der Waals surface area (Å²) in [5.41, 5.74) is -0.570. The predicted octanol–water partition coefficient (Wildman–Crippen LogP) is 0.522. The van der Waals surface area contributed by atoms with Crippen molar-refractivity contribution in [2.75, 3.05) is 39.5 Å². The molecule has 11 nitrogen and oxygen atoms in total. The van der Waals surface area contributed by atoms with Gasteiger partial charge in [-0.25, -0.2) is 27.2 Å². The van der Waals surface area contributed by atoms with E-state index in [9.17, 15) is 27.2 Å². The van der Waals surface area contributed by atoms with E-state index in [1.807, 2.05) is 0 Å². The average Bonchev–Trinajstić information content (AvgIpc) is 2.78. The molecule has 13 heteroatoms. The molecule has 0 saturated carbocycles. The molecule has 1 fully saturated rings. The number of benzene rings is 1. The fourth-order valence-electron chi connectivity index (χ4n) is 3.37. The van der Waals surface area contributed by atoms with Crippen LogP contribution in [0, 0.1) is 5.82 Å². The van der Waals surface area contributed by atoms with E-state index in [1.54, 1.807) is 13.8 Å². The van der Waals surface area contributed by atoms with Gasteiger partial charge < -0.3 is 24.8 Å². The molecule has 3 rings (SSSR count). The number of hydrogen-bond donors (Lipinski definition) is 2. The van der Waals surface area contributed by atoms with E-state index < -0.39 is 52.0 Å². The molecule has 1 atom stereocenters. The molecule has 2 amide bonds. The van der Waals surface area contributed by atoms with E-state index >= 15 is 0 Å². The van der Waals surface area contributed by atoms with Crippen molar-refractivity contribution in [3.05, 3.63) is 40.8 Å². The molecule has 2 heterocycles. The summed E-state index contributed by atoms with van der Waals surface area (Å²) in [6.45, 7) is 3.41. The zero-order valence-corrected chi connectivity index (χ0v) is 18.9. The number of amides is 2. The molecule has 0 aromatic heterocycles. The first-order valence-corrected chi connectivity index (χ1v) is 11.6. The van der Waals surface area contributed by atoms with E-state index in [0.717, 1.165) is 18.2 Å². The fourth-order valence-corrected chi connectivity index (χ4v) is 4.80. The van der Waals surface area contributed by atoms with Gasteiger partial charge in [-0.05, 0) is 32.0 Å². The Kier molecular flexibility index (Phi) is 7.66. The summed E-state index contributed by atoms with van der Waals surface area (Å²) in [4.78, 5) is 36.3. The first kappa shape index (κ1) is 24.6. The zero-order valence-electron chi connectivity index (χ0n) is 18.1. The Hall–Kier alpha value is -3.03. The van der Waals surface area contributed by atoms with Crippen LogP contribution in [0.25, 0.3) is 0 Å². The van der Waals surface area contributed by atoms with Gasteiger partial charge in [0.15, 0.2) is 0 Å². The standard InChI is InChI=1S/C20H24FN3O8S/c1-3-31-19(26)17-12(2)22-20(27)23-16(17)11-32-18(25)14-10-13(4-5-15(14)21)33(28,29)24-6-8-30-9-7-24/h4-5,10,12H,3,6-9,11H2,1-2H3,(H2,22,23,27). The molecule has 2 aliphatic heterocycles. The second kappa shape index (κ2) is 10.3. The molecule has 0 spiro atoms. The molecule has 2 aliphatic rings. The highest BCUT2D eigenvalue weighted by Gasteiger charge is 2.31. The summed E-state index contributed by atoms with van der Waals surface area (Å²) in [7, 11) is -3.97. The first-order chi connectivity index (χ1) is 15.6. The molecule has 1 saturated heterocycles. The van der Waals surface area contributed by atoms with Gasteiger partial charge in [0.05, 0.1) is 47.6 Å². The van der Waals surface area contributed by atoms with Crippen LogP contribution in [0.15, 0.2) is 34.4 Å². The lowest BCUT2D eigenvalue weighted by molar-refractivity contribution is -0.139. The van der Waals surface area contributed by atoms with Gasteiger partial charge in [-0.2, -0.15) is 4.31 Å². The summed E-state index contributed by atoms with van der Waals surface area (Å²) < 4.78 is 56.4. The Morgan fingerprint density at radius 2 is 1.91 bits per heavy atom. The third-order valence-electron chi connectivity index (χ3n) is 4.98. The van der Waals surface area contributed by atoms with Gasteiger partial charge in [0, 0.05) is 13.1 Å². The summed E-state index contributed by atoms with van der Waals surface area (Å²) in [5, 5.41) is 4.87. The summed E-state index contributed by atoms with van der Waals surface area (Å²) >= 11 is 0. The van der Waals surface area contributed by atoms with Crippen LogP contribution < -0.4 is 10.6 Å². The van der Waals surface area contributed by atoms with Gasteiger partial charge in [0.2, 0.25) is 10.0 Å². The van der Waals surface area contributed by atoms with Crippen LogP contribution in [0.3, 0.4) is 0 Å². The number of halogens is 1. The number of carbonyl (C=O) groups is 3. The first-order valence-electron chi connectivity index (χ1n) is 10.2. The lowest BCUT2D eigenvalue weighted by Gasteiger charge is -2.26. The average molecular weight is 485 g/mol. The van der Waals surface area contributed by atoms with Crippen molar-refractivity contribution >= 4 is 28.0 Å². The molecule has 180 valence electrons. The Balaban J connectivity index is 1.82. The SMILES string of the molecule is CCOC(=O)C1=C(COC(=O)c2cc(S(=O)(=O)N3CCOCC3)ccc2F)NC(=O)NC1C. The number of sulfonamides is 1. The van der Waals surface area contributed by atoms with Gasteiger partial charge in [-0.1, -0.05) is 0 Å². The summed E-state index contributed by atoms with van der Waals surface area (Å²) in [6, 6.07) is 1.48. The lowest BCUT2D eigenvalue weighted by atomic mass is 10.0. The largest absolute Gasteiger partial charge is 0.463 e. The highest BCUT2D eigenvalue weighted by atomic mass is 32.2. The number of ether oxygens (including phenoxy) is 3. The fraction of sp³-hybridized carbons (Fsp3) is 0.450. The van der Waals surface area contributed by atoms with Crippen molar-refractivity contribution in [1.82, 2.24) is 14.9 Å². The molecule has 33 heavy (non-hydrogen) atoms. The number of carbonyl (C=O) groups excluding carboxylic acids is 3. The van der Waals surface area contributed by atoms with Gasteiger partial charge in [-0.3, -0.25) is 0 Å². The number of esters is 2. The van der Waals surface area contributed by atoms with Crippen LogP contribution in [-0.4, -0.2) is 76.3 Å². The van der Waals surface area contributed by atoms with Crippen LogP contribution in [0.2, 0.25) is 0 Å². The minimum Gasteiger partial charge on any atom is -0.463 e. The number of nitrogens with one attached hydrogen (secondary N) is 2. The Bertz CT molecular complexity index is 1080. The molecular weight excluding hydrogens is 461 g/mol. The minimum absolute atomic E-state index is 0.0180. The van der Waals surface area contributed by atoms with Crippen molar-refractivity contribution < 1.29 is 41.4 Å². The van der Waals surface area contributed by atoms with E-state index in [-0.39, 0.29) is 49.1 Å². The second-order valence-corrected chi connectivity index (χ2v) is 9.11. The molecule has 1 aromatic rings. The number of rotatable bonds is 7. The molecule has 0 radical (unpaired) electrons. The smallest absolute Gasteiger partial charge is 0.341 e. The van der Waals surface area contributed by atoms with E-state index in [1.165, 1.54) is 4.31 Å². The Morgan fingerprint density at radius 3 is 2.58 bits per heavy atom. The highest BCUT2D eigenvalue weighted by Crippen LogP contribution is 2.21. The van der Waals surface area contributed by atoms with Crippen molar-refractivity contribution in [2.45, 2.75) is 24.8 Å². The van der Waals surface area contributed by atoms with E-state index in [0.29, 0.717) is 0 Å². The van der Waals surface area contributed by atoms with Crippen LogP contribution in [-0.2, 0) is 29.0 Å². The molecular formula is C20H24FN3O8S. The van der Waals surface area contributed by atoms with Gasteiger partial charge in [0.25, 0.3) is 0 Å². The maximum atomic E-state index is 14.4. The topological polar surface area (TPSA) is 140 Å². The third kappa shape index (κ3) is 5.49. The monoisotopic (exact) mass is 485 g/mol. The van der Waals surface area contributed by atoms with Crippen LogP contribution in [0.1, 0.15) is 24.2 Å². The van der Waals surface area contributed by atoms with Crippen molar-refractivity contribution in [1.29, 1.82) is 0 Å². The van der Waals surface area contributed by atoms with E-state index in [2.05, 4.69) is 10.6 Å². The van der Waals surface area contributed by atoms with Crippen molar-refractivity contribution in [3.63, 3.8) is 0 Å². The number of nitrogens with zero attached hydrogens (tertiary/aromatic N) is 1. The summed E-state index contributed by atoms with van der Waals surface area (Å²) in [6.07, 6.45) is 0. The normalized spacial score (nSPS) is 19.5. The van der Waals surface area contributed by atoms with E-state index in [4.69, 9.17) is 14.2 Å². The third-order valence-corrected chi connectivity index (χ3v) is 6.87. The highest BCUT2D eigenvalue weighted by molar-refractivity contribution is 7.89. The maximum Gasteiger partial charge on any atom is 0.341 e. The maximum absolute atomic E-state index is 14.4. The van der Waals surface area contributed by atoms with Crippen molar-refractivity contribution in [2.24, 2.45) is 0 Å². The molecule has 0 aliphatic carbocycles. The van der Waals surface area contributed by atoms with Gasteiger partial charge in [-0.15, -0.1) is 0 Å². The Labute approximate surface area is 189 Å². The van der Waals surface area contributed by atoms with Crippen LogP contribution in [0.4, 0.5) is 9.18 Å². The number of morpholine rings is 1. The Morgan fingerprint density at radius 1 is 1.21 bits per heavy atom. The quantitative estimate of drug-likeness (QED) is 0.533. The minimum atomic E-state index is -3.97. The molecule has 1 unspecified atom stereocenters. The zero-order chi connectivity index (χ0) is 24.2. The van der Waals surface area contributed by atoms with Crippen molar-refractivity contribution in [3.8, 4) is 0 Å². The summed E-state index contributed by atoms with van der Waals surface area (Å²) in [5.74, 6) is -2.86.